The summed E-state index contributed by atoms with van der Waals surface area (Å²) in [5.74, 6) is 0. The van der Waals surface area contributed by atoms with Crippen LogP contribution in [0.15, 0.2) is 0 Å². The van der Waals surface area contributed by atoms with Crippen LogP contribution in [0.5, 0.6) is 0 Å². The second-order valence-corrected chi connectivity index (χ2v) is 0. The maximum absolute atomic E-state index is 0. The van der Waals surface area contributed by atoms with Gasteiger partial charge in [-0.1, -0.05) is 0 Å². The maximum Gasteiger partial charge on any atom is 0 e. The molecule has 17 valence electrons. The van der Waals surface area contributed by atoms with Gasteiger partial charge in [0.25, 0.3) is 0 Å². The average molecular weight is 503 g/mol. The van der Waals surface area contributed by atoms with E-state index in [1.54, 1.807) is 0 Å². The van der Waals surface area contributed by atoms with Crippen molar-refractivity contribution >= 4 is 48.9 Å². The van der Waals surface area contributed by atoms with E-state index in [-0.39, 0.29) is 129 Å². The topological polar surface area (TPSA) is 0 Å². The van der Waals surface area contributed by atoms with E-state index in [0.29, 0.717) is 0 Å². The maximum atomic E-state index is 0. The molecule has 0 saturated heterocycles. The minimum Gasteiger partial charge on any atom is 0 e. The fraction of sp³-hybridized carbons (Fsp3) is 0. The zero-order valence-electron chi connectivity index (χ0n) is 1.49. The van der Waals surface area contributed by atoms with Gasteiger partial charge in [-0.05, 0) is 0 Å². The zero-order valence-corrected chi connectivity index (χ0v) is 9.72. The van der Waals surface area contributed by atoms with Gasteiger partial charge in [0.1, 0.15) is 0 Å². The molecular formula is H2BaWYZr. The average Bonchev–Trinajstić information content (AvgIpc) is 0. The molecule has 0 heterocycles. The van der Waals surface area contributed by atoms with Crippen LogP contribution in [0.1, 0.15) is 0 Å². The third-order valence-corrected chi connectivity index (χ3v) is 0. The molecule has 1 radical (unpaired) electrons. The summed E-state index contributed by atoms with van der Waals surface area (Å²) in [4.78, 5) is 0. The molecule has 0 aromatic rings. The number of rotatable bonds is 0. The SMILES string of the molecule is [BaH2].[W].[Y].[Zr]. The van der Waals surface area contributed by atoms with E-state index in [0.717, 1.165) is 0 Å². The summed E-state index contributed by atoms with van der Waals surface area (Å²) < 4.78 is 0. The van der Waals surface area contributed by atoms with Crippen LogP contribution < -0.4 is 0 Å². The molecule has 4 heavy (non-hydrogen) atoms. The van der Waals surface area contributed by atoms with Gasteiger partial charge < -0.3 is 0 Å². The first-order valence-corrected chi connectivity index (χ1v) is 0. The van der Waals surface area contributed by atoms with Gasteiger partial charge >= 0.3 is 48.9 Å². The first-order valence-electron chi connectivity index (χ1n) is 0. The summed E-state index contributed by atoms with van der Waals surface area (Å²) in [5.41, 5.74) is 0. The molecule has 0 aromatic heterocycles. The monoisotopic (exact) mass is 503 g/mol. The normalized spacial score (nSPS) is 0. The van der Waals surface area contributed by atoms with E-state index >= 15 is 0 Å². The molecule has 0 unspecified atom stereocenters. The van der Waals surface area contributed by atoms with Gasteiger partial charge in [-0.2, -0.15) is 0 Å². The molecule has 0 fully saturated rings. The van der Waals surface area contributed by atoms with E-state index in [4.69, 9.17) is 0 Å². The summed E-state index contributed by atoms with van der Waals surface area (Å²) in [6.45, 7) is 0. The van der Waals surface area contributed by atoms with Crippen molar-refractivity contribution in [3.05, 3.63) is 0 Å². The van der Waals surface area contributed by atoms with Crippen molar-refractivity contribution in [1.29, 1.82) is 0 Å². The Balaban J connectivity index is 0. The Hall–Kier alpha value is 4.25. The molecule has 0 rings (SSSR count). The van der Waals surface area contributed by atoms with Crippen molar-refractivity contribution in [2.24, 2.45) is 0 Å². The molecule has 0 saturated carbocycles. The van der Waals surface area contributed by atoms with Gasteiger partial charge in [0, 0.05) is 80.0 Å². The Kier molecular flexibility index (Phi) is 94.1. The minimum absolute atomic E-state index is 0. The van der Waals surface area contributed by atoms with Gasteiger partial charge in [-0.15, -0.1) is 0 Å². The predicted octanol–water partition coefficient (Wildman–Crippen LogP) is -0.924. The van der Waals surface area contributed by atoms with Gasteiger partial charge in [-0.25, -0.2) is 0 Å². The molecule has 0 aliphatic carbocycles. The quantitative estimate of drug-likeness (QED) is 0.376. The van der Waals surface area contributed by atoms with Crippen LogP contribution in [-0.4, -0.2) is 48.9 Å². The van der Waals surface area contributed by atoms with Crippen LogP contribution in [0.4, 0.5) is 0 Å². The fourth-order valence-electron chi connectivity index (χ4n) is 0. The van der Waals surface area contributed by atoms with Crippen LogP contribution in [0.2, 0.25) is 0 Å². The van der Waals surface area contributed by atoms with Crippen molar-refractivity contribution in [3.63, 3.8) is 0 Å². The second kappa shape index (κ2) is 15.7. The van der Waals surface area contributed by atoms with Crippen molar-refractivity contribution < 1.29 is 80.0 Å². The summed E-state index contributed by atoms with van der Waals surface area (Å²) in [5, 5.41) is 0. The Bertz CT molecular complexity index is 8.00. The third-order valence-electron chi connectivity index (χ3n) is 0. The molecule has 0 bridgehead atoms. The molecular weight excluding hydrogens is 501 g/mol. The summed E-state index contributed by atoms with van der Waals surface area (Å²) >= 11 is 0. The van der Waals surface area contributed by atoms with E-state index in [1.165, 1.54) is 0 Å². The molecule has 0 N–H and O–H groups in total. The zero-order chi connectivity index (χ0) is 0. The molecule has 0 spiro atoms. The van der Waals surface area contributed by atoms with Gasteiger partial charge in [0.15, 0.2) is 0 Å². The smallest absolute Gasteiger partial charge is 0 e. The minimum atomic E-state index is 0. The fourth-order valence-corrected chi connectivity index (χ4v) is 0. The van der Waals surface area contributed by atoms with Crippen LogP contribution in [0.25, 0.3) is 0 Å². The third kappa shape index (κ3) is 9.54. The first kappa shape index (κ1) is 24.0. The second-order valence-electron chi connectivity index (χ2n) is 0. The molecule has 0 nitrogen and oxygen atoms in total. The van der Waals surface area contributed by atoms with Crippen molar-refractivity contribution in [2.75, 3.05) is 0 Å². The van der Waals surface area contributed by atoms with Gasteiger partial charge in [0.2, 0.25) is 0 Å². The molecule has 0 atom stereocenters. The molecule has 0 aliphatic rings. The van der Waals surface area contributed by atoms with Crippen LogP contribution in [-0.2, 0) is 80.0 Å². The first-order chi connectivity index (χ1) is 0. The molecule has 4 heteroatoms. The summed E-state index contributed by atoms with van der Waals surface area (Å²) in [6.07, 6.45) is 0. The number of hydrogen-bond acceptors (Lipinski definition) is 0. The number of hydrogen-bond donors (Lipinski definition) is 0. The van der Waals surface area contributed by atoms with Gasteiger partial charge in [-0.3, -0.25) is 0 Å². The molecule has 0 amide bonds. The largest absolute Gasteiger partial charge is 0 e. The van der Waals surface area contributed by atoms with Crippen LogP contribution >= 0.6 is 0 Å². The van der Waals surface area contributed by atoms with Crippen molar-refractivity contribution in [1.82, 2.24) is 0 Å². The Morgan fingerprint density at radius 3 is 1.00 bits per heavy atom. The Morgan fingerprint density at radius 2 is 1.00 bits per heavy atom. The van der Waals surface area contributed by atoms with E-state index < -0.39 is 0 Å². The van der Waals surface area contributed by atoms with Crippen molar-refractivity contribution in [3.8, 4) is 0 Å². The predicted molar refractivity (Wildman–Crippen MR) is 8.54 cm³/mol. The van der Waals surface area contributed by atoms with E-state index in [2.05, 4.69) is 0 Å². The molecule has 0 aliphatic heterocycles. The van der Waals surface area contributed by atoms with E-state index in [9.17, 15) is 0 Å². The van der Waals surface area contributed by atoms with Crippen LogP contribution in [0.3, 0.4) is 0 Å². The van der Waals surface area contributed by atoms with E-state index in [1.807, 2.05) is 0 Å². The van der Waals surface area contributed by atoms with Crippen molar-refractivity contribution in [2.45, 2.75) is 0 Å². The van der Waals surface area contributed by atoms with Gasteiger partial charge in [0.05, 0.1) is 0 Å². The Labute approximate surface area is 125 Å². The summed E-state index contributed by atoms with van der Waals surface area (Å²) in [6, 6.07) is 0. The summed E-state index contributed by atoms with van der Waals surface area (Å²) in [7, 11) is 0. The van der Waals surface area contributed by atoms with Crippen LogP contribution in [0, 0.1) is 0 Å². The Morgan fingerprint density at radius 1 is 1.00 bits per heavy atom. The standard InChI is InChI=1S/Ba.W.Y.Zr.2H. The molecule has 0 aromatic carbocycles.